The zero-order chi connectivity index (χ0) is 36.1. The van der Waals surface area contributed by atoms with Crippen LogP contribution in [0.1, 0.15) is 79.4 Å². The summed E-state index contributed by atoms with van der Waals surface area (Å²) in [6.45, 7) is 7.22. The van der Waals surface area contributed by atoms with Crippen LogP contribution in [-0.4, -0.2) is 65.5 Å². The fraction of sp³-hybridized carbons (Fsp3) is 0.412. The molecule has 2 aromatic carbocycles. The SMILES string of the molecule is CCCCCC(C(=O)NCNC(=O)c1ccc(-c2cc(OCC)cc(P(=O)(O)O)c2)o1)[C@@H](CC)N(C=O)OC(=O)c1ccc(OC)cc1C. The molecule has 2 atom stereocenters. The third kappa shape index (κ3) is 10.7. The lowest BCUT2D eigenvalue weighted by Crippen LogP contribution is -2.49. The number of ether oxygens (including phenoxy) is 2. The average molecular weight is 702 g/mol. The number of nitrogens with one attached hydrogen (secondary N) is 2. The zero-order valence-electron chi connectivity index (χ0n) is 28.3. The van der Waals surface area contributed by atoms with Crippen molar-refractivity contribution in [1.29, 1.82) is 0 Å². The summed E-state index contributed by atoms with van der Waals surface area (Å²) in [6, 6.07) is 10.9. The second-order valence-corrected chi connectivity index (χ2v) is 12.8. The summed E-state index contributed by atoms with van der Waals surface area (Å²) in [5.41, 5.74) is 1.12. The van der Waals surface area contributed by atoms with Crippen molar-refractivity contribution in [2.45, 2.75) is 65.8 Å². The van der Waals surface area contributed by atoms with Gasteiger partial charge in [0, 0.05) is 5.56 Å². The molecule has 14 nitrogen and oxygen atoms in total. The first-order valence-corrected chi connectivity index (χ1v) is 17.6. The Labute approximate surface area is 285 Å². The van der Waals surface area contributed by atoms with Crippen LogP contribution in [-0.2, 0) is 19.0 Å². The van der Waals surface area contributed by atoms with Gasteiger partial charge in [0.05, 0.1) is 43.2 Å². The molecule has 0 aliphatic rings. The van der Waals surface area contributed by atoms with Crippen LogP contribution < -0.4 is 25.4 Å². The lowest BCUT2D eigenvalue weighted by atomic mass is 9.90. The van der Waals surface area contributed by atoms with E-state index in [1.807, 2.05) is 6.92 Å². The number of furan rings is 1. The maximum absolute atomic E-state index is 13.5. The van der Waals surface area contributed by atoms with Gasteiger partial charge in [-0.25, -0.2) is 4.79 Å². The van der Waals surface area contributed by atoms with Crippen molar-refractivity contribution < 1.29 is 52.3 Å². The van der Waals surface area contributed by atoms with Gasteiger partial charge in [0.25, 0.3) is 5.91 Å². The van der Waals surface area contributed by atoms with Crippen molar-refractivity contribution in [3.8, 4) is 22.8 Å². The van der Waals surface area contributed by atoms with Gasteiger partial charge in [-0.15, -0.1) is 0 Å². The summed E-state index contributed by atoms with van der Waals surface area (Å²) in [7, 11) is -3.10. The molecule has 266 valence electrons. The van der Waals surface area contributed by atoms with Gasteiger partial charge in [0.15, 0.2) is 5.76 Å². The van der Waals surface area contributed by atoms with E-state index >= 15 is 0 Å². The van der Waals surface area contributed by atoms with E-state index in [1.54, 1.807) is 32.9 Å². The summed E-state index contributed by atoms with van der Waals surface area (Å²) in [5.74, 6) is -1.79. The molecule has 0 bridgehead atoms. The third-order valence-corrected chi connectivity index (χ3v) is 8.71. The molecule has 0 saturated carbocycles. The summed E-state index contributed by atoms with van der Waals surface area (Å²) in [6.07, 6.45) is 3.49. The van der Waals surface area contributed by atoms with E-state index < -0.39 is 37.3 Å². The van der Waals surface area contributed by atoms with Crippen molar-refractivity contribution in [2.75, 3.05) is 20.4 Å². The fourth-order valence-electron chi connectivity index (χ4n) is 5.25. The molecular formula is C34H44N3O11P. The van der Waals surface area contributed by atoms with Gasteiger partial charge >= 0.3 is 13.6 Å². The van der Waals surface area contributed by atoms with Crippen LogP contribution in [0.5, 0.6) is 11.5 Å². The third-order valence-electron chi connectivity index (χ3n) is 7.78. The van der Waals surface area contributed by atoms with E-state index in [9.17, 15) is 33.5 Å². The number of hydroxylamine groups is 2. The normalized spacial score (nSPS) is 12.4. The van der Waals surface area contributed by atoms with Crippen molar-refractivity contribution >= 4 is 37.1 Å². The molecule has 0 aliphatic carbocycles. The maximum atomic E-state index is 13.5. The monoisotopic (exact) mass is 701 g/mol. The maximum Gasteiger partial charge on any atom is 0.363 e. The Hall–Kier alpha value is -4.65. The van der Waals surface area contributed by atoms with Gasteiger partial charge in [-0.05, 0) is 80.8 Å². The van der Waals surface area contributed by atoms with E-state index in [-0.39, 0.29) is 41.4 Å². The summed E-state index contributed by atoms with van der Waals surface area (Å²) < 4.78 is 28.2. The van der Waals surface area contributed by atoms with Crippen LogP contribution in [0.15, 0.2) is 52.9 Å². The predicted molar refractivity (Wildman–Crippen MR) is 180 cm³/mol. The lowest BCUT2D eigenvalue weighted by Gasteiger charge is -2.32. The first kappa shape index (κ1) is 38.8. The van der Waals surface area contributed by atoms with Crippen LogP contribution in [0.25, 0.3) is 11.3 Å². The van der Waals surface area contributed by atoms with E-state index in [4.69, 9.17) is 18.7 Å². The molecule has 0 spiro atoms. The highest BCUT2D eigenvalue weighted by Crippen LogP contribution is 2.37. The number of aryl methyl sites for hydroxylation is 1. The number of rotatable bonds is 19. The Kier molecular flexibility index (Phi) is 14.4. The minimum absolute atomic E-state index is 0.109. The van der Waals surface area contributed by atoms with Crippen molar-refractivity contribution in [3.63, 3.8) is 0 Å². The highest BCUT2D eigenvalue weighted by Gasteiger charge is 2.34. The van der Waals surface area contributed by atoms with Gasteiger partial charge in [-0.1, -0.05) is 33.1 Å². The molecule has 0 fully saturated rings. The molecule has 0 saturated heterocycles. The van der Waals surface area contributed by atoms with E-state index in [0.717, 1.165) is 17.9 Å². The summed E-state index contributed by atoms with van der Waals surface area (Å²) >= 11 is 0. The first-order valence-electron chi connectivity index (χ1n) is 16.0. The van der Waals surface area contributed by atoms with Crippen LogP contribution in [0.2, 0.25) is 0 Å². The Morgan fingerprint density at radius 3 is 2.37 bits per heavy atom. The van der Waals surface area contributed by atoms with Gasteiger partial charge in [-0.2, -0.15) is 5.06 Å². The van der Waals surface area contributed by atoms with Crippen LogP contribution in [0.3, 0.4) is 0 Å². The molecule has 3 aromatic rings. The number of unbranched alkanes of at least 4 members (excludes halogenated alkanes) is 2. The molecule has 1 aromatic heterocycles. The van der Waals surface area contributed by atoms with Gasteiger partial charge in [0.2, 0.25) is 12.3 Å². The fourth-order valence-corrected chi connectivity index (χ4v) is 5.85. The quantitative estimate of drug-likeness (QED) is 0.0453. The molecule has 49 heavy (non-hydrogen) atoms. The Balaban J connectivity index is 1.71. The largest absolute Gasteiger partial charge is 0.497 e. The Morgan fingerprint density at radius 1 is 1.00 bits per heavy atom. The summed E-state index contributed by atoms with van der Waals surface area (Å²) in [5, 5.41) is 5.85. The molecule has 3 amide bonds. The van der Waals surface area contributed by atoms with E-state index in [2.05, 4.69) is 10.6 Å². The van der Waals surface area contributed by atoms with Crippen LogP contribution in [0.4, 0.5) is 0 Å². The number of amides is 3. The Morgan fingerprint density at radius 2 is 1.76 bits per heavy atom. The molecular weight excluding hydrogens is 657 g/mol. The molecule has 0 aliphatic heterocycles. The first-order chi connectivity index (χ1) is 23.4. The number of hydrogen-bond donors (Lipinski definition) is 4. The second-order valence-electron chi connectivity index (χ2n) is 11.2. The predicted octanol–water partition coefficient (Wildman–Crippen LogP) is 4.47. The van der Waals surface area contributed by atoms with Gasteiger partial charge in [0.1, 0.15) is 17.3 Å². The molecule has 15 heteroatoms. The lowest BCUT2D eigenvalue weighted by molar-refractivity contribution is -0.171. The van der Waals surface area contributed by atoms with Gasteiger partial charge in [-0.3, -0.25) is 18.9 Å². The number of carbonyl (C=O) groups is 4. The van der Waals surface area contributed by atoms with Crippen LogP contribution >= 0.6 is 7.60 Å². The molecule has 4 N–H and O–H groups in total. The molecule has 0 radical (unpaired) electrons. The highest BCUT2D eigenvalue weighted by molar-refractivity contribution is 7.60. The number of benzene rings is 2. The number of hydrogen-bond acceptors (Lipinski definition) is 9. The van der Waals surface area contributed by atoms with E-state index in [1.165, 1.54) is 43.5 Å². The van der Waals surface area contributed by atoms with E-state index in [0.29, 0.717) is 42.5 Å². The zero-order valence-corrected chi connectivity index (χ0v) is 29.2. The number of methoxy groups -OCH3 is 1. The number of nitrogens with zero attached hydrogens (tertiary/aromatic N) is 1. The molecule has 1 unspecified atom stereocenters. The Bertz CT molecular complexity index is 1650. The van der Waals surface area contributed by atoms with Crippen molar-refractivity contribution in [3.05, 3.63) is 65.4 Å². The smallest absolute Gasteiger partial charge is 0.363 e. The number of carbonyl (C=O) groups excluding carboxylic acids is 4. The van der Waals surface area contributed by atoms with Crippen LogP contribution in [0, 0.1) is 12.8 Å². The molecule has 1 heterocycles. The minimum Gasteiger partial charge on any atom is -0.497 e. The van der Waals surface area contributed by atoms with Gasteiger partial charge < -0.3 is 39.1 Å². The second kappa shape index (κ2) is 18.2. The topological polar surface area (TPSA) is 194 Å². The van der Waals surface area contributed by atoms with Crippen molar-refractivity contribution in [1.82, 2.24) is 15.7 Å². The minimum atomic E-state index is -4.61. The highest BCUT2D eigenvalue weighted by atomic mass is 31.2. The summed E-state index contributed by atoms with van der Waals surface area (Å²) in [4.78, 5) is 76.4. The molecule has 3 rings (SSSR count). The average Bonchev–Trinajstić information content (AvgIpc) is 3.57. The standard InChI is InChI=1S/C34H44N3O11P/c1-6-9-10-11-28(29(7-2)37(21-38)48-34(41)27-13-12-24(45-5)16-22(27)4)32(39)35-20-36-33(40)31-15-14-30(47-31)23-17-25(46-8-3)19-26(18-23)49(42,43)44/h12-19,21,28-29H,6-11,20H2,1-5H3,(H,35,39)(H,36,40)(H2,42,43,44)/t28?,29-/m1/s1. The van der Waals surface area contributed by atoms with Crippen molar-refractivity contribution in [2.24, 2.45) is 5.92 Å².